The van der Waals surface area contributed by atoms with Gasteiger partial charge in [-0.2, -0.15) is 0 Å². The fourth-order valence-electron chi connectivity index (χ4n) is 4.61. The molecule has 5 rings (SSSR count). The van der Waals surface area contributed by atoms with Crippen LogP contribution in [0.1, 0.15) is 39.6 Å². The fraction of sp³-hybridized carbons (Fsp3) is 0.222. The Morgan fingerprint density at radius 3 is 2.52 bits per heavy atom. The molecule has 0 aliphatic carbocycles. The second-order valence-electron chi connectivity index (χ2n) is 8.57. The molecule has 0 bridgehead atoms. The Bertz CT molecular complexity index is 1270. The predicted octanol–water partition coefficient (Wildman–Crippen LogP) is 6.27. The number of H-pyrrole nitrogens is 1. The van der Waals surface area contributed by atoms with E-state index in [2.05, 4.69) is 77.9 Å². The number of aromatic nitrogens is 1. The Labute approximate surface area is 182 Å². The van der Waals surface area contributed by atoms with Gasteiger partial charge >= 0.3 is 6.03 Å². The topological polar surface area (TPSA) is 48.1 Å². The summed E-state index contributed by atoms with van der Waals surface area (Å²) in [6.07, 6.45) is 0.835. The molecule has 156 valence electrons. The highest BCUT2D eigenvalue weighted by Crippen LogP contribution is 2.38. The van der Waals surface area contributed by atoms with Crippen LogP contribution < -0.4 is 5.32 Å². The average molecular weight is 410 g/mol. The van der Waals surface area contributed by atoms with E-state index < -0.39 is 0 Å². The lowest BCUT2D eigenvalue weighted by molar-refractivity contribution is 0.193. The maximum Gasteiger partial charge on any atom is 0.322 e. The number of hydrogen-bond donors (Lipinski definition) is 2. The molecular weight excluding hydrogens is 382 g/mol. The molecule has 1 atom stereocenters. The van der Waals surface area contributed by atoms with Crippen molar-refractivity contribution < 1.29 is 4.79 Å². The molecule has 2 N–H and O–H groups in total. The van der Waals surface area contributed by atoms with Crippen molar-refractivity contribution in [3.8, 4) is 0 Å². The van der Waals surface area contributed by atoms with Crippen LogP contribution in [0.2, 0.25) is 0 Å². The zero-order chi connectivity index (χ0) is 21.5. The number of benzene rings is 3. The van der Waals surface area contributed by atoms with Crippen LogP contribution >= 0.6 is 0 Å². The molecule has 4 aromatic rings. The zero-order valence-electron chi connectivity index (χ0n) is 18.2. The lowest BCUT2D eigenvalue weighted by atomic mass is 9.92. The summed E-state index contributed by atoms with van der Waals surface area (Å²) in [5.74, 6) is 0. The number of aromatic amines is 1. The van der Waals surface area contributed by atoms with Crippen molar-refractivity contribution >= 4 is 22.6 Å². The highest BCUT2D eigenvalue weighted by atomic mass is 16.2. The molecular formula is C27H27N3O. The van der Waals surface area contributed by atoms with Crippen molar-refractivity contribution in [2.45, 2.75) is 33.2 Å². The van der Waals surface area contributed by atoms with E-state index in [4.69, 9.17) is 0 Å². The van der Waals surface area contributed by atoms with E-state index in [1.165, 1.54) is 16.5 Å². The molecule has 0 saturated carbocycles. The maximum atomic E-state index is 13.5. The number of nitrogens with one attached hydrogen (secondary N) is 2. The van der Waals surface area contributed by atoms with Gasteiger partial charge in [0.15, 0.2) is 0 Å². The van der Waals surface area contributed by atoms with Crippen LogP contribution in [0.4, 0.5) is 10.5 Å². The second kappa shape index (κ2) is 7.62. The number of carbonyl (C=O) groups excluding carboxylic acids is 1. The first-order valence-corrected chi connectivity index (χ1v) is 10.8. The molecule has 0 spiro atoms. The summed E-state index contributed by atoms with van der Waals surface area (Å²) >= 11 is 0. The van der Waals surface area contributed by atoms with Crippen LogP contribution in [0.5, 0.6) is 0 Å². The van der Waals surface area contributed by atoms with Crippen molar-refractivity contribution in [3.63, 3.8) is 0 Å². The third-order valence-corrected chi connectivity index (χ3v) is 6.32. The van der Waals surface area contributed by atoms with Crippen molar-refractivity contribution in [3.05, 3.63) is 100 Å². The molecule has 0 radical (unpaired) electrons. The second-order valence-corrected chi connectivity index (χ2v) is 8.57. The quantitative estimate of drug-likeness (QED) is 0.402. The van der Waals surface area contributed by atoms with Gasteiger partial charge in [-0.05, 0) is 61.6 Å². The van der Waals surface area contributed by atoms with Crippen LogP contribution in [-0.2, 0) is 6.42 Å². The Balaban J connectivity index is 1.58. The number of anilines is 1. The van der Waals surface area contributed by atoms with E-state index >= 15 is 0 Å². The smallest absolute Gasteiger partial charge is 0.322 e. The Morgan fingerprint density at radius 1 is 0.968 bits per heavy atom. The Morgan fingerprint density at radius 2 is 1.71 bits per heavy atom. The first-order valence-electron chi connectivity index (χ1n) is 10.8. The van der Waals surface area contributed by atoms with Gasteiger partial charge in [-0.3, -0.25) is 0 Å². The average Bonchev–Trinajstić information content (AvgIpc) is 3.15. The number of amides is 2. The largest absolute Gasteiger partial charge is 0.356 e. The van der Waals surface area contributed by atoms with Gasteiger partial charge in [0.05, 0.1) is 6.04 Å². The molecule has 3 aromatic carbocycles. The Hall–Kier alpha value is -3.53. The van der Waals surface area contributed by atoms with Crippen molar-refractivity contribution in [1.82, 2.24) is 9.88 Å². The van der Waals surface area contributed by atoms with Gasteiger partial charge in [0.2, 0.25) is 0 Å². The minimum absolute atomic E-state index is 0.0661. The number of hydrogen-bond acceptors (Lipinski definition) is 1. The molecule has 1 aliphatic heterocycles. The van der Waals surface area contributed by atoms with E-state index in [9.17, 15) is 4.79 Å². The number of nitrogens with zero attached hydrogens (tertiary/aromatic N) is 1. The zero-order valence-corrected chi connectivity index (χ0v) is 18.2. The van der Waals surface area contributed by atoms with Crippen molar-refractivity contribution in [2.24, 2.45) is 0 Å². The molecule has 0 fully saturated rings. The molecule has 0 saturated heterocycles. The van der Waals surface area contributed by atoms with Gasteiger partial charge in [-0.15, -0.1) is 0 Å². The number of carbonyl (C=O) groups is 1. The minimum Gasteiger partial charge on any atom is -0.356 e. The first-order chi connectivity index (χ1) is 15.0. The van der Waals surface area contributed by atoms with E-state index in [1.54, 1.807) is 0 Å². The molecule has 1 aliphatic rings. The van der Waals surface area contributed by atoms with E-state index in [1.807, 2.05) is 24.8 Å². The minimum atomic E-state index is -0.151. The van der Waals surface area contributed by atoms with Crippen molar-refractivity contribution in [1.29, 1.82) is 0 Å². The van der Waals surface area contributed by atoms with Gasteiger partial charge in [0.1, 0.15) is 0 Å². The number of aryl methyl sites for hydroxylation is 3. The first kappa shape index (κ1) is 19.4. The number of fused-ring (bicyclic) bond motifs is 3. The molecule has 2 amide bonds. The monoisotopic (exact) mass is 409 g/mol. The normalized spacial score (nSPS) is 15.7. The van der Waals surface area contributed by atoms with Gasteiger partial charge in [0, 0.05) is 28.8 Å². The lowest BCUT2D eigenvalue weighted by Gasteiger charge is -2.36. The van der Waals surface area contributed by atoms with Gasteiger partial charge in [-0.1, -0.05) is 60.2 Å². The summed E-state index contributed by atoms with van der Waals surface area (Å²) in [6.45, 7) is 6.83. The third-order valence-electron chi connectivity index (χ3n) is 6.32. The highest BCUT2D eigenvalue weighted by Gasteiger charge is 2.34. The number of rotatable bonds is 2. The number of para-hydroxylation sites is 1. The molecule has 0 unspecified atom stereocenters. The summed E-state index contributed by atoms with van der Waals surface area (Å²) in [4.78, 5) is 19.1. The number of urea groups is 1. The summed E-state index contributed by atoms with van der Waals surface area (Å²) in [7, 11) is 0. The van der Waals surface area contributed by atoms with E-state index in [-0.39, 0.29) is 12.1 Å². The SMILES string of the molecule is Cc1ccc([C@H]2c3[nH]c4ccccc4c3CCN2C(=O)Nc2cc(C)ccc2C)cc1. The van der Waals surface area contributed by atoms with Crippen LogP contribution in [0.15, 0.2) is 66.7 Å². The maximum absolute atomic E-state index is 13.5. The van der Waals surface area contributed by atoms with Crippen LogP contribution in [-0.4, -0.2) is 22.5 Å². The molecule has 4 nitrogen and oxygen atoms in total. The molecule has 31 heavy (non-hydrogen) atoms. The lowest BCUT2D eigenvalue weighted by Crippen LogP contribution is -2.43. The van der Waals surface area contributed by atoms with Crippen molar-refractivity contribution in [2.75, 3.05) is 11.9 Å². The summed E-state index contributed by atoms with van der Waals surface area (Å²) < 4.78 is 0. The molecule has 1 aromatic heterocycles. The third kappa shape index (κ3) is 3.48. The Kier molecular flexibility index (Phi) is 4.78. The summed E-state index contributed by atoms with van der Waals surface area (Å²) in [6, 6.07) is 22.9. The van der Waals surface area contributed by atoms with Gasteiger partial charge in [-0.25, -0.2) is 4.79 Å². The van der Waals surface area contributed by atoms with E-state index in [0.717, 1.165) is 40.0 Å². The molecule has 4 heteroatoms. The fourth-order valence-corrected chi connectivity index (χ4v) is 4.61. The van der Waals surface area contributed by atoms with Gasteiger partial charge < -0.3 is 15.2 Å². The van der Waals surface area contributed by atoms with Crippen LogP contribution in [0.25, 0.3) is 10.9 Å². The highest BCUT2D eigenvalue weighted by molar-refractivity contribution is 5.92. The summed E-state index contributed by atoms with van der Waals surface area (Å²) in [5, 5.41) is 4.42. The van der Waals surface area contributed by atoms with Crippen LogP contribution in [0, 0.1) is 20.8 Å². The standard InChI is InChI=1S/C27H27N3O/c1-17-9-12-20(13-10-17)26-25-22(21-6-4-5-7-23(21)28-25)14-15-30(26)27(31)29-24-16-18(2)8-11-19(24)3/h4-13,16,26,28H,14-15H2,1-3H3,(H,29,31)/t26-/m0/s1. The predicted molar refractivity (Wildman–Crippen MR) is 127 cm³/mol. The van der Waals surface area contributed by atoms with Gasteiger partial charge in [0.25, 0.3) is 0 Å². The summed E-state index contributed by atoms with van der Waals surface area (Å²) in [5.41, 5.74) is 8.96. The van der Waals surface area contributed by atoms with Crippen LogP contribution in [0.3, 0.4) is 0 Å². The molecule has 2 heterocycles. The van der Waals surface area contributed by atoms with E-state index in [0.29, 0.717) is 6.54 Å².